The molecule has 0 aliphatic heterocycles. The molecule has 1 atom stereocenters. The Morgan fingerprint density at radius 1 is 1.30 bits per heavy atom. The van der Waals surface area contributed by atoms with Gasteiger partial charge in [-0.15, -0.1) is 0 Å². The maximum Gasteiger partial charge on any atom is 0.242 e. The van der Waals surface area contributed by atoms with E-state index in [4.69, 9.17) is 4.42 Å². The quantitative estimate of drug-likeness (QED) is 0.747. The summed E-state index contributed by atoms with van der Waals surface area (Å²) < 4.78 is 32.5. The molecule has 0 saturated carbocycles. The molecule has 0 bridgehead atoms. The SMILES string of the molecule is Cc1cnc2c(S(=O)(=O)NCC(O)c3ccco3)cccc2c1. The van der Waals surface area contributed by atoms with Crippen molar-refractivity contribution in [1.82, 2.24) is 9.71 Å². The van der Waals surface area contributed by atoms with E-state index in [9.17, 15) is 13.5 Å². The number of aliphatic hydroxyl groups is 1. The number of nitrogens with one attached hydrogen (secondary N) is 1. The molecule has 120 valence electrons. The number of para-hydroxylation sites is 1. The molecule has 7 heteroatoms. The van der Waals surface area contributed by atoms with Gasteiger partial charge < -0.3 is 9.52 Å². The van der Waals surface area contributed by atoms with Gasteiger partial charge in [0.15, 0.2) is 0 Å². The van der Waals surface area contributed by atoms with Gasteiger partial charge in [0.1, 0.15) is 16.8 Å². The third kappa shape index (κ3) is 3.26. The van der Waals surface area contributed by atoms with Crippen LogP contribution in [0.25, 0.3) is 10.9 Å². The van der Waals surface area contributed by atoms with Gasteiger partial charge in [-0.1, -0.05) is 12.1 Å². The van der Waals surface area contributed by atoms with Gasteiger partial charge in [0, 0.05) is 18.1 Å². The second-order valence-corrected chi connectivity index (χ2v) is 6.96. The maximum absolute atomic E-state index is 12.5. The van der Waals surface area contributed by atoms with Gasteiger partial charge in [-0.25, -0.2) is 13.1 Å². The number of nitrogens with zero attached hydrogens (tertiary/aromatic N) is 1. The predicted octanol–water partition coefficient (Wildman–Crippen LogP) is 2.15. The molecule has 2 N–H and O–H groups in total. The van der Waals surface area contributed by atoms with Crippen molar-refractivity contribution in [2.75, 3.05) is 6.54 Å². The second-order valence-electron chi connectivity index (χ2n) is 5.22. The lowest BCUT2D eigenvalue weighted by molar-refractivity contribution is 0.154. The molecule has 6 nitrogen and oxygen atoms in total. The fraction of sp³-hybridized carbons (Fsp3) is 0.188. The van der Waals surface area contributed by atoms with Gasteiger partial charge in [-0.05, 0) is 36.8 Å². The number of hydrogen-bond acceptors (Lipinski definition) is 5. The molecule has 0 aliphatic carbocycles. The zero-order valence-electron chi connectivity index (χ0n) is 12.4. The van der Waals surface area contributed by atoms with Gasteiger partial charge in [0.05, 0.1) is 11.8 Å². The first-order valence-corrected chi connectivity index (χ1v) is 8.52. The number of hydrogen-bond donors (Lipinski definition) is 2. The van der Waals surface area contributed by atoms with Crippen molar-refractivity contribution in [3.8, 4) is 0 Å². The van der Waals surface area contributed by atoms with E-state index in [1.165, 1.54) is 12.3 Å². The molecule has 0 amide bonds. The maximum atomic E-state index is 12.5. The van der Waals surface area contributed by atoms with Crippen LogP contribution in [0.1, 0.15) is 17.4 Å². The van der Waals surface area contributed by atoms with E-state index < -0.39 is 16.1 Å². The number of sulfonamides is 1. The highest BCUT2D eigenvalue weighted by molar-refractivity contribution is 7.89. The standard InChI is InChI=1S/C16H16N2O4S/c1-11-8-12-4-2-6-15(16(12)17-9-11)23(20,21)18-10-13(19)14-5-3-7-22-14/h2-9,13,18-19H,10H2,1H3. The summed E-state index contributed by atoms with van der Waals surface area (Å²) in [5.74, 6) is 0.305. The predicted molar refractivity (Wildman–Crippen MR) is 85.3 cm³/mol. The highest BCUT2D eigenvalue weighted by Crippen LogP contribution is 2.22. The minimum Gasteiger partial charge on any atom is -0.467 e. The number of fused-ring (bicyclic) bond motifs is 1. The Bertz CT molecular complexity index is 920. The van der Waals surface area contributed by atoms with Crippen molar-refractivity contribution in [2.24, 2.45) is 0 Å². The van der Waals surface area contributed by atoms with Crippen molar-refractivity contribution < 1.29 is 17.9 Å². The summed E-state index contributed by atoms with van der Waals surface area (Å²) in [5, 5.41) is 10.7. The van der Waals surface area contributed by atoms with Crippen molar-refractivity contribution in [3.05, 3.63) is 60.2 Å². The first-order valence-electron chi connectivity index (χ1n) is 7.04. The molecule has 23 heavy (non-hydrogen) atoms. The minimum absolute atomic E-state index is 0.0849. The Morgan fingerprint density at radius 3 is 2.87 bits per heavy atom. The van der Waals surface area contributed by atoms with Gasteiger partial charge in [-0.3, -0.25) is 4.98 Å². The Hall–Kier alpha value is -2.22. The Morgan fingerprint density at radius 2 is 2.13 bits per heavy atom. The van der Waals surface area contributed by atoms with Gasteiger partial charge >= 0.3 is 0 Å². The van der Waals surface area contributed by atoms with E-state index in [-0.39, 0.29) is 11.4 Å². The molecule has 0 spiro atoms. The highest BCUT2D eigenvalue weighted by Gasteiger charge is 2.20. The third-order valence-corrected chi connectivity index (χ3v) is 4.89. The largest absolute Gasteiger partial charge is 0.467 e. The lowest BCUT2D eigenvalue weighted by atomic mass is 10.2. The molecule has 2 heterocycles. The summed E-state index contributed by atoms with van der Waals surface area (Å²) in [5.41, 5.74) is 1.35. The molecule has 3 rings (SSSR count). The van der Waals surface area contributed by atoms with Crippen molar-refractivity contribution in [3.63, 3.8) is 0 Å². The number of pyridine rings is 1. The molecule has 0 fully saturated rings. The average Bonchev–Trinajstić information content (AvgIpc) is 3.06. The zero-order chi connectivity index (χ0) is 16.4. The summed E-state index contributed by atoms with van der Waals surface area (Å²) >= 11 is 0. The summed E-state index contributed by atoms with van der Waals surface area (Å²) in [6.07, 6.45) is 1.99. The van der Waals surface area contributed by atoms with E-state index in [1.807, 2.05) is 19.1 Å². The van der Waals surface area contributed by atoms with Crippen molar-refractivity contribution in [2.45, 2.75) is 17.9 Å². The van der Waals surface area contributed by atoms with Crippen LogP contribution in [-0.2, 0) is 10.0 Å². The van der Waals surface area contributed by atoms with Crippen LogP contribution >= 0.6 is 0 Å². The summed E-state index contributed by atoms with van der Waals surface area (Å²) in [7, 11) is -3.80. The number of benzene rings is 1. The molecule has 0 saturated heterocycles. The third-order valence-electron chi connectivity index (χ3n) is 3.44. The Labute approximate surface area is 133 Å². The van der Waals surface area contributed by atoms with Crippen LogP contribution in [0.2, 0.25) is 0 Å². The van der Waals surface area contributed by atoms with Crippen LogP contribution in [0, 0.1) is 6.92 Å². The van der Waals surface area contributed by atoms with E-state index in [0.29, 0.717) is 11.3 Å². The lowest BCUT2D eigenvalue weighted by Crippen LogP contribution is -2.28. The van der Waals surface area contributed by atoms with E-state index in [1.54, 1.807) is 24.4 Å². The fourth-order valence-electron chi connectivity index (χ4n) is 2.31. The highest BCUT2D eigenvalue weighted by atomic mass is 32.2. The number of rotatable bonds is 5. The first kappa shape index (κ1) is 15.7. The monoisotopic (exact) mass is 332 g/mol. The average molecular weight is 332 g/mol. The van der Waals surface area contributed by atoms with Crippen LogP contribution in [0.3, 0.4) is 0 Å². The molecular formula is C16H16N2O4S. The van der Waals surface area contributed by atoms with Crippen LogP contribution < -0.4 is 4.72 Å². The summed E-state index contributed by atoms with van der Waals surface area (Å²) in [4.78, 5) is 4.31. The van der Waals surface area contributed by atoms with Crippen molar-refractivity contribution in [1.29, 1.82) is 0 Å². The van der Waals surface area contributed by atoms with E-state index >= 15 is 0 Å². The smallest absolute Gasteiger partial charge is 0.242 e. The first-order chi connectivity index (χ1) is 11.0. The number of aromatic nitrogens is 1. The van der Waals surface area contributed by atoms with Gasteiger partial charge in [0.25, 0.3) is 0 Å². The molecule has 0 radical (unpaired) electrons. The van der Waals surface area contributed by atoms with E-state index in [2.05, 4.69) is 9.71 Å². The topological polar surface area (TPSA) is 92.4 Å². The van der Waals surface area contributed by atoms with Crippen molar-refractivity contribution >= 4 is 20.9 Å². The molecule has 2 aromatic heterocycles. The van der Waals surface area contributed by atoms with Crippen LogP contribution in [0.5, 0.6) is 0 Å². The number of aryl methyl sites for hydroxylation is 1. The summed E-state index contributed by atoms with van der Waals surface area (Å²) in [6.45, 7) is 1.71. The van der Waals surface area contributed by atoms with Gasteiger partial charge in [-0.2, -0.15) is 0 Å². The number of furan rings is 1. The zero-order valence-corrected chi connectivity index (χ0v) is 13.2. The lowest BCUT2D eigenvalue weighted by Gasteiger charge is -2.12. The van der Waals surface area contributed by atoms with Gasteiger partial charge in [0.2, 0.25) is 10.0 Å². The van der Waals surface area contributed by atoms with Crippen LogP contribution in [0.4, 0.5) is 0 Å². The summed E-state index contributed by atoms with van der Waals surface area (Å²) in [6, 6.07) is 10.1. The second kappa shape index (κ2) is 6.11. The van der Waals surface area contributed by atoms with Crippen LogP contribution in [-0.4, -0.2) is 25.1 Å². The minimum atomic E-state index is -3.80. The number of aliphatic hydroxyl groups excluding tert-OH is 1. The molecular weight excluding hydrogens is 316 g/mol. The fourth-order valence-corrected chi connectivity index (χ4v) is 3.52. The Balaban J connectivity index is 1.88. The molecule has 0 aliphatic rings. The Kier molecular flexibility index (Phi) is 4.16. The van der Waals surface area contributed by atoms with E-state index in [0.717, 1.165) is 10.9 Å². The molecule has 3 aromatic rings. The van der Waals surface area contributed by atoms with Crippen LogP contribution in [0.15, 0.2) is 58.2 Å². The molecule has 1 aromatic carbocycles. The molecule has 1 unspecified atom stereocenters. The normalized spacial score (nSPS) is 13.3.